The molecule has 2 aromatic carbocycles. The van der Waals surface area contributed by atoms with Crippen LogP contribution in [0.25, 0.3) is 0 Å². The summed E-state index contributed by atoms with van der Waals surface area (Å²) in [6, 6.07) is 11.3. The normalized spacial score (nSPS) is 10.5. The molecule has 0 aliphatic rings. The van der Waals surface area contributed by atoms with Crippen molar-refractivity contribution in [1.29, 1.82) is 0 Å². The van der Waals surface area contributed by atoms with Crippen molar-refractivity contribution in [2.75, 3.05) is 0 Å². The van der Waals surface area contributed by atoms with Crippen LogP contribution >= 0.6 is 0 Å². The van der Waals surface area contributed by atoms with Crippen LogP contribution in [0.2, 0.25) is 11.1 Å². The second-order valence-corrected chi connectivity index (χ2v) is 12.5. The zero-order chi connectivity index (χ0) is 16.7. The molecule has 0 aromatic heterocycles. The Balaban J connectivity index is -0.00000132. The minimum atomic E-state index is -1.80. The Kier molecular flexibility index (Phi) is 14.4. The molecular formula is C21H31Cl3SiTi. The minimum Gasteiger partial charge on any atom is -1.00 e. The minimum absolute atomic E-state index is 0. The largest absolute Gasteiger partial charge is 4.00 e. The Labute approximate surface area is 195 Å². The average Bonchev–Trinajstić information content (AvgIpc) is 2.66. The molecule has 0 saturated carbocycles. The van der Waals surface area contributed by atoms with Gasteiger partial charge in [0.15, 0.2) is 0 Å². The molecule has 2 aromatic rings. The summed E-state index contributed by atoms with van der Waals surface area (Å²) in [4.78, 5) is 0. The van der Waals surface area contributed by atoms with E-state index in [2.05, 4.69) is 85.7 Å². The fourth-order valence-electron chi connectivity index (χ4n) is 4.61. The van der Waals surface area contributed by atoms with Gasteiger partial charge < -0.3 is 37.2 Å². The first-order valence-corrected chi connectivity index (χ1v) is 10.7. The monoisotopic (exact) mass is 464 g/mol. The smallest absolute Gasteiger partial charge is 1.00 e. The molecule has 0 nitrogen and oxygen atoms in total. The molecule has 0 heterocycles. The first-order chi connectivity index (χ1) is 10.3. The fourth-order valence-corrected chi connectivity index (χ4v) is 11.1. The molecule has 0 fully saturated rings. The summed E-state index contributed by atoms with van der Waals surface area (Å²) in [5, 5.41) is 3.30. The van der Waals surface area contributed by atoms with Gasteiger partial charge in [0.1, 0.15) is 0 Å². The zero-order valence-electron chi connectivity index (χ0n) is 17.2. The molecule has 0 aliphatic carbocycles. The number of hydrogen-bond acceptors (Lipinski definition) is 0. The first-order valence-electron chi connectivity index (χ1n) is 8.55. The number of rotatable bonds is 4. The molecule has 0 unspecified atom stereocenters. The van der Waals surface area contributed by atoms with Gasteiger partial charge >= 0.3 is 21.7 Å². The third-order valence-electron chi connectivity index (χ3n) is 5.92. The predicted octanol–water partition coefficient (Wildman–Crippen LogP) is -3.97. The van der Waals surface area contributed by atoms with Crippen molar-refractivity contribution in [3.05, 3.63) is 52.6 Å². The maximum absolute atomic E-state index is 2.44. The van der Waals surface area contributed by atoms with Gasteiger partial charge in [-0.15, -0.1) is 5.19 Å². The van der Waals surface area contributed by atoms with Gasteiger partial charge in [-0.2, -0.15) is 22.3 Å². The Hall–Kier alpha value is 0.371. The average molecular weight is 466 g/mol. The molecule has 0 spiro atoms. The Bertz CT molecular complexity index is 630. The van der Waals surface area contributed by atoms with Crippen LogP contribution in [0.3, 0.4) is 0 Å². The molecule has 0 amide bonds. The van der Waals surface area contributed by atoms with E-state index in [1.165, 1.54) is 11.1 Å². The Morgan fingerprint density at radius 1 is 0.692 bits per heavy atom. The molecule has 0 radical (unpaired) electrons. The van der Waals surface area contributed by atoms with Gasteiger partial charge in [0.25, 0.3) is 0 Å². The molecule has 26 heavy (non-hydrogen) atoms. The first kappa shape index (κ1) is 31.1. The second kappa shape index (κ2) is 12.0. The molecule has 0 aliphatic heterocycles. The maximum Gasteiger partial charge on any atom is 4.00 e. The summed E-state index contributed by atoms with van der Waals surface area (Å²) in [6.07, 6.45) is 0. The van der Waals surface area contributed by atoms with E-state index in [1.54, 1.807) is 21.5 Å². The van der Waals surface area contributed by atoms with Crippen molar-refractivity contribution in [1.82, 2.24) is 0 Å². The van der Waals surface area contributed by atoms with Crippen LogP contribution in [0, 0.1) is 27.7 Å². The van der Waals surface area contributed by atoms with Crippen LogP contribution in [0.15, 0.2) is 30.3 Å². The fraction of sp³-hybridized carbons (Fsp3) is 0.476. The summed E-state index contributed by atoms with van der Waals surface area (Å²) in [5.41, 5.74) is 7.48. The van der Waals surface area contributed by atoms with Gasteiger partial charge in [0.05, 0.1) is 8.07 Å². The van der Waals surface area contributed by atoms with Gasteiger partial charge in [-0.1, -0.05) is 102 Å². The van der Waals surface area contributed by atoms with E-state index in [-0.39, 0.29) is 58.9 Å². The van der Waals surface area contributed by atoms with Crippen LogP contribution in [0.1, 0.15) is 49.9 Å². The van der Waals surface area contributed by atoms with Crippen molar-refractivity contribution in [3.63, 3.8) is 0 Å². The van der Waals surface area contributed by atoms with Crippen LogP contribution in [-0.2, 0) is 21.7 Å². The van der Waals surface area contributed by atoms with E-state index in [0.717, 1.165) is 0 Å². The quantitative estimate of drug-likeness (QED) is 0.319. The summed E-state index contributed by atoms with van der Waals surface area (Å²) in [5.74, 6) is 0. The van der Waals surface area contributed by atoms with E-state index < -0.39 is 8.07 Å². The number of hydrogen-bond donors (Lipinski definition) is 0. The van der Waals surface area contributed by atoms with Crippen LogP contribution in [0.4, 0.5) is 0 Å². The van der Waals surface area contributed by atoms with Crippen molar-refractivity contribution >= 4 is 18.4 Å². The molecular weight excluding hydrogens is 435 g/mol. The third-order valence-corrected chi connectivity index (χ3v) is 12.4. The summed E-state index contributed by atoms with van der Waals surface area (Å²) in [6.45, 7) is 19.1. The summed E-state index contributed by atoms with van der Waals surface area (Å²) < 4.78 is 0. The number of halogens is 3. The molecule has 0 bridgehead atoms. The van der Waals surface area contributed by atoms with Crippen molar-refractivity contribution in [3.8, 4) is 0 Å². The van der Waals surface area contributed by atoms with E-state index in [0.29, 0.717) is 11.1 Å². The van der Waals surface area contributed by atoms with E-state index >= 15 is 0 Å². The maximum atomic E-state index is 2.44. The third kappa shape index (κ3) is 4.85. The van der Waals surface area contributed by atoms with Gasteiger partial charge in [-0.25, -0.2) is 0 Å². The SMILES string of the molecule is Cc1c(C)c(C)[c-]([Si](c2ccccc2)(C(C)C)C(C)C)c1C.[Cl-].[Cl-].[Cl-].[Ti+4]. The summed E-state index contributed by atoms with van der Waals surface area (Å²) >= 11 is 0. The van der Waals surface area contributed by atoms with E-state index in [9.17, 15) is 0 Å². The molecule has 0 saturated heterocycles. The topological polar surface area (TPSA) is 0 Å². The van der Waals surface area contributed by atoms with Crippen LogP contribution < -0.4 is 47.6 Å². The van der Waals surface area contributed by atoms with Gasteiger partial charge in [-0.05, 0) is 0 Å². The summed E-state index contributed by atoms with van der Waals surface area (Å²) in [7, 11) is -1.80. The van der Waals surface area contributed by atoms with Crippen molar-refractivity contribution in [2.24, 2.45) is 0 Å². The number of benzene rings is 1. The van der Waals surface area contributed by atoms with E-state index in [1.807, 2.05) is 0 Å². The standard InChI is InChI=1S/C21H31Si.3ClH.Ti/c1-14(2)22(15(3)4,20-12-10-9-11-13-20)21-18(7)16(5)17(6)19(21)8;;;;/h9-15H,1-8H3;3*1H;/q-1;;;;+4/p-3. The second-order valence-electron chi connectivity index (χ2n) is 7.42. The zero-order valence-corrected chi connectivity index (χ0v) is 22.0. The predicted molar refractivity (Wildman–Crippen MR) is 103 cm³/mol. The van der Waals surface area contributed by atoms with Crippen molar-refractivity contribution < 1.29 is 58.9 Å². The van der Waals surface area contributed by atoms with Gasteiger partial charge in [-0.3, -0.25) is 0 Å². The van der Waals surface area contributed by atoms with Crippen molar-refractivity contribution in [2.45, 2.75) is 66.5 Å². The Morgan fingerprint density at radius 3 is 1.35 bits per heavy atom. The van der Waals surface area contributed by atoms with Gasteiger partial charge in [0.2, 0.25) is 0 Å². The van der Waals surface area contributed by atoms with E-state index in [4.69, 9.17) is 0 Å². The Morgan fingerprint density at radius 2 is 1.04 bits per heavy atom. The van der Waals surface area contributed by atoms with Crippen LogP contribution in [-0.4, -0.2) is 8.07 Å². The molecule has 2 rings (SSSR count). The molecule has 0 atom stereocenters. The molecule has 144 valence electrons. The van der Waals surface area contributed by atoms with Gasteiger partial charge in [0, 0.05) is 0 Å². The molecule has 0 N–H and O–H groups in total. The molecule has 5 heteroatoms. The van der Waals surface area contributed by atoms with Crippen LogP contribution in [0.5, 0.6) is 0 Å².